The first kappa shape index (κ1) is 15.8. The summed E-state index contributed by atoms with van der Waals surface area (Å²) in [6, 6.07) is 6.62. The van der Waals surface area contributed by atoms with Crippen LogP contribution in [0.15, 0.2) is 36.7 Å². The number of imidazole rings is 1. The van der Waals surface area contributed by atoms with Crippen molar-refractivity contribution < 1.29 is 13.9 Å². The summed E-state index contributed by atoms with van der Waals surface area (Å²) in [4.78, 5) is 16.9. The summed E-state index contributed by atoms with van der Waals surface area (Å²) in [5.74, 6) is 0.936. The van der Waals surface area contributed by atoms with Crippen molar-refractivity contribution in [3.8, 4) is 17.0 Å². The molecule has 25 heavy (non-hydrogen) atoms. The van der Waals surface area contributed by atoms with Crippen molar-refractivity contribution >= 4 is 11.4 Å². The Morgan fingerprint density at radius 3 is 2.88 bits per heavy atom. The summed E-state index contributed by atoms with van der Waals surface area (Å²) < 4.78 is 20.7. The van der Waals surface area contributed by atoms with Gasteiger partial charge in [-0.1, -0.05) is 0 Å². The molecule has 0 spiro atoms. The number of hydrogen-bond acceptors (Lipinski definition) is 3. The van der Waals surface area contributed by atoms with Gasteiger partial charge in [-0.2, -0.15) is 0 Å². The van der Waals surface area contributed by atoms with Gasteiger partial charge >= 0.3 is 0 Å². The molecule has 0 unspecified atom stereocenters. The fraction of sp³-hybridized carbons (Fsp3) is 0.300. The lowest BCUT2D eigenvalue weighted by Gasteiger charge is -2.13. The highest BCUT2D eigenvalue weighted by Gasteiger charge is 2.27. The van der Waals surface area contributed by atoms with Crippen molar-refractivity contribution in [3.63, 3.8) is 0 Å². The van der Waals surface area contributed by atoms with Gasteiger partial charge in [0.05, 0.1) is 24.6 Å². The molecular weight excluding hydrogens is 319 g/mol. The lowest BCUT2D eigenvalue weighted by molar-refractivity contribution is 0.0972. The molecule has 0 amide bonds. The fourth-order valence-electron chi connectivity index (χ4n) is 3.28. The minimum absolute atomic E-state index is 0.142. The van der Waals surface area contributed by atoms with Gasteiger partial charge in [0.15, 0.2) is 5.78 Å². The van der Waals surface area contributed by atoms with E-state index in [-0.39, 0.29) is 11.6 Å². The van der Waals surface area contributed by atoms with Crippen LogP contribution in [0.3, 0.4) is 0 Å². The minimum atomic E-state index is -0.320. The van der Waals surface area contributed by atoms with Gasteiger partial charge in [-0.3, -0.25) is 9.20 Å². The van der Waals surface area contributed by atoms with Crippen molar-refractivity contribution in [2.45, 2.75) is 26.2 Å². The predicted octanol–water partition coefficient (Wildman–Crippen LogP) is 4.44. The van der Waals surface area contributed by atoms with Crippen molar-refractivity contribution in [1.82, 2.24) is 9.38 Å². The average molecular weight is 338 g/mol. The normalized spacial score (nSPS) is 14.0. The van der Waals surface area contributed by atoms with Gasteiger partial charge in [0.1, 0.15) is 17.2 Å². The number of methoxy groups -OCH3 is 1. The van der Waals surface area contributed by atoms with Crippen LogP contribution in [-0.2, 0) is 0 Å². The SMILES string of the molecule is COc1cc(-c2cnc3cc(F)ccn23)cc(C)c1C(=O)CC1CC1. The van der Waals surface area contributed by atoms with Crippen LogP contribution in [0.25, 0.3) is 16.9 Å². The number of carbonyl (C=O) groups is 1. The number of aromatic nitrogens is 2. The Hall–Kier alpha value is -2.69. The Labute approximate surface area is 145 Å². The lowest BCUT2D eigenvalue weighted by atomic mass is 9.96. The maximum atomic E-state index is 13.4. The molecule has 4 rings (SSSR count). The first-order valence-electron chi connectivity index (χ1n) is 8.41. The average Bonchev–Trinajstić information content (AvgIpc) is 3.30. The highest BCUT2D eigenvalue weighted by Crippen LogP contribution is 2.37. The van der Waals surface area contributed by atoms with Gasteiger partial charge in [0.2, 0.25) is 0 Å². The number of fused-ring (bicyclic) bond motifs is 1. The summed E-state index contributed by atoms with van der Waals surface area (Å²) in [6.07, 6.45) is 6.23. The van der Waals surface area contributed by atoms with Crippen LogP contribution in [0.1, 0.15) is 35.2 Å². The van der Waals surface area contributed by atoms with Crippen molar-refractivity contribution in [2.24, 2.45) is 5.92 Å². The van der Waals surface area contributed by atoms with Gasteiger partial charge < -0.3 is 4.74 Å². The molecular formula is C20H19FN2O2. The van der Waals surface area contributed by atoms with Gasteiger partial charge in [-0.25, -0.2) is 9.37 Å². The zero-order valence-corrected chi connectivity index (χ0v) is 14.3. The van der Waals surface area contributed by atoms with Gasteiger partial charge in [-0.15, -0.1) is 0 Å². The van der Waals surface area contributed by atoms with Crippen LogP contribution in [0.4, 0.5) is 4.39 Å². The zero-order valence-electron chi connectivity index (χ0n) is 14.3. The van der Waals surface area contributed by atoms with E-state index >= 15 is 0 Å². The molecule has 0 saturated heterocycles. The summed E-state index contributed by atoms with van der Waals surface area (Å²) in [5.41, 5.74) is 3.81. The third kappa shape index (κ3) is 2.90. The van der Waals surface area contributed by atoms with E-state index in [1.807, 2.05) is 23.5 Å². The third-order valence-electron chi connectivity index (χ3n) is 4.74. The standard InChI is InChI=1S/C20H19FN2O2/c1-12-7-14(16-11-22-19-10-15(21)5-6-23(16)19)9-18(25-2)20(12)17(24)8-13-3-4-13/h5-7,9-11,13H,3-4,8H2,1-2H3. The van der Waals surface area contributed by atoms with E-state index < -0.39 is 0 Å². The summed E-state index contributed by atoms with van der Waals surface area (Å²) in [6.45, 7) is 1.93. The summed E-state index contributed by atoms with van der Waals surface area (Å²) in [7, 11) is 1.58. The molecule has 1 aromatic carbocycles. The number of halogens is 1. The molecule has 1 aliphatic rings. The van der Waals surface area contributed by atoms with E-state index in [1.54, 1.807) is 19.5 Å². The molecule has 1 saturated carbocycles. The summed E-state index contributed by atoms with van der Waals surface area (Å²) in [5, 5.41) is 0. The summed E-state index contributed by atoms with van der Waals surface area (Å²) >= 11 is 0. The van der Waals surface area contributed by atoms with Crippen molar-refractivity contribution in [2.75, 3.05) is 7.11 Å². The maximum absolute atomic E-state index is 13.4. The highest BCUT2D eigenvalue weighted by atomic mass is 19.1. The molecule has 2 heterocycles. The Morgan fingerprint density at radius 2 is 2.16 bits per heavy atom. The topological polar surface area (TPSA) is 43.6 Å². The number of Topliss-reactive ketones (excluding diaryl/α,β-unsaturated/α-hetero) is 1. The number of carbonyl (C=O) groups excluding carboxylic acids is 1. The van der Waals surface area contributed by atoms with E-state index in [4.69, 9.17) is 4.74 Å². The molecule has 0 atom stereocenters. The second-order valence-electron chi connectivity index (χ2n) is 6.66. The second kappa shape index (κ2) is 5.99. The molecule has 0 radical (unpaired) electrons. The molecule has 1 aliphatic carbocycles. The number of aryl methyl sites for hydroxylation is 1. The first-order chi connectivity index (χ1) is 12.1. The number of nitrogens with zero attached hydrogens (tertiary/aromatic N) is 2. The first-order valence-corrected chi connectivity index (χ1v) is 8.41. The number of hydrogen-bond donors (Lipinski definition) is 0. The quantitative estimate of drug-likeness (QED) is 0.646. The van der Waals surface area contributed by atoms with Crippen LogP contribution in [0, 0.1) is 18.7 Å². The molecule has 2 aromatic heterocycles. The van der Waals surface area contributed by atoms with Gasteiger partial charge in [0, 0.05) is 24.2 Å². The Balaban J connectivity index is 1.79. The molecule has 5 heteroatoms. The van der Waals surface area contributed by atoms with Crippen molar-refractivity contribution in [1.29, 1.82) is 0 Å². The van der Waals surface area contributed by atoms with Gasteiger partial charge in [-0.05, 0) is 49.4 Å². The fourth-order valence-corrected chi connectivity index (χ4v) is 3.28. The van der Waals surface area contributed by atoms with E-state index in [0.29, 0.717) is 29.3 Å². The van der Waals surface area contributed by atoms with Crippen LogP contribution < -0.4 is 4.74 Å². The number of rotatable bonds is 5. The van der Waals surface area contributed by atoms with E-state index in [2.05, 4.69) is 4.98 Å². The molecule has 128 valence electrons. The third-order valence-corrected chi connectivity index (χ3v) is 4.74. The number of ether oxygens (including phenoxy) is 1. The predicted molar refractivity (Wildman–Crippen MR) is 93.5 cm³/mol. The number of benzene rings is 1. The maximum Gasteiger partial charge on any atom is 0.167 e. The second-order valence-corrected chi connectivity index (χ2v) is 6.66. The largest absolute Gasteiger partial charge is 0.496 e. The Morgan fingerprint density at radius 1 is 1.36 bits per heavy atom. The molecule has 0 bridgehead atoms. The van der Waals surface area contributed by atoms with E-state index in [0.717, 1.165) is 29.7 Å². The smallest absolute Gasteiger partial charge is 0.167 e. The molecule has 3 aromatic rings. The van der Waals surface area contributed by atoms with Crippen LogP contribution in [0.2, 0.25) is 0 Å². The molecule has 4 nitrogen and oxygen atoms in total. The van der Waals surface area contributed by atoms with Crippen molar-refractivity contribution in [3.05, 3.63) is 53.6 Å². The highest BCUT2D eigenvalue weighted by molar-refractivity contribution is 6.01. The van der Waals surface area contributed by atoms with E-state index in [9.17, 15) is 9.18 Å². The molecule has 0 N–H and O–H groups in total. The number of pyridine rings is 1. The molecule has 1 fully saturated rings. The van der Waals surface area contributed by atoms with Crippen LogP contribution in [0.5, 0.6) is 5.75 Å². The Kier molecular flexibility index (Phi) is 3.79. The monoisotopic (exact) mass is 338 g/mol. The Bertz CT molecular complexity index is 973. The lowest BCUT2D eigenvalue weighted by Crippen LogP contribution is -2.06. The number of ketones is 1. The van der Waals surface area contributed by atoms with Gasteiger partial charge in [0.25, 0.3) is 0 Å². The van der Waals surface area contributed by atoms with E-state index in [1.165, 1.54) is 12.1 Å². The zero-order chi connectivity index (χ0) is 17.6. The molecule has 0 aliphatic heterocycles. The van der Waals surface area contributed by atoms with Crippen LogP contribution >= 0.6 is 0 Å². The van der Waals surface area contributed by atoms with Crippen LogP contribution in [-0.4, -0.2) is 22.3 Å². The minimum Gasteiger partial charge on any atom is -0.496 e.